The summed E-state index contributed by atoms with van der Waals surface area (Å²) in [4.78, 5) is 19.1. The van der Waals surface area contributed by atoms with Gasteiger partial charge in [0.15, 0.2) is 11.0 Å². The van der Waals surface area contributed by atoms with Crippen LogP contribution >= 0.6 is 23.4 Å². The summed E-state index contributed by atoms with van der Waals surface area (Å²) >= 11 is 7.13. The number of hydrogen-bond donors (Lipinski definition) is 1. The summed E-state index contributed by atoms with van der Waals surface area (Å²) in [5, 5.41) is 18.1. The number of halogens is 1. The van der Waals surface area contributed by atoms with Crippen LogP contribution in [0.2, 0.25) is 5.02 Å². The zero-order chi connectivity index (χ0) is 16.2. The van der Waals surface area contributed by atoms with E-state index in [-0.39, 0.29) is 5.75 Å². The molecule has 0 aliphatic carbocycles. The van der Waals surface area contributed by atoms with Crippen LogP contribution < -0.4 is 0 Å². The minimum Gasteiger partial charge on any atom is -0.481 e. The predicted molar refractivity (Wildman–Crippen MR) is 85.8 cm³/mol. The van der Waals surface area contributed by atoms with E-state index in [4.69, 9.17) is 16.7 Å². The first-order chi connectivity index (χ1) is 11.1. The van der Waals surface area contributed by atoms with E-state index < -0.39 is 5.97 Å². The molecule has 3 rings (SSSR count). The minimum absolute atomic E-state index is 0.126. The van der Waals surface area contributed by atoms with Crippen LogP contribution in [-0.2, 0) is 4.79 Å². The molecule has 23 heavy (non-hydrogen) atoms. The molecular formula is C14H10ClN5O2S. The highest BCUT2D eigenvalue weighted by Crippen LogP contribution is 2.27. The van der Waals surface area contributed by atoms with Gasteiger partial charge in [-0.05, 0) is 18.2 Å². The number of benzene rings is 1. The largest absolute Gasteiger partial charge is 0.481 e. The van der Waals surface area contributed by atoms with Crippen molar-refractivity contribution in [3.63, 3.8) is 0 Å². The number of hydrogen-bond acceptors (Lipinski definition) is 6. The first kappa shape index (κ1) is 15.4. The van der Waals surface area contributed by atoms with Crippen molar-refractivity contribution in [1.82, 2.24) is 24.7 Å². The molecule has 0 fully saturated rings. The van der Waals surface area contributed by atoms with Crippen molar-refractivity contribution in [1.29, 1.82) is 0 Å². The summed E-state index contributed by atoms with van der Waals surface area (Å²) in [6, 6.07) is 7.13. The Morgan fingerprint density at radius 3 is 2.87 bits per heavy atom. The van der Waals surface area contributed by atoms with Gasteiger partial charge in [-0.15, -0.1) is 10.2 Å². The summed E-state index contributed by atoms with van der Waals surface area (Å²) in [7, 11) is 0. The Hall–Kier alpha value is -2.45. The molecule has 2 heterocycles. The number of rotatable bonds is 5. The standard InChI is InChI=1S/C14H10ClN5O2S/c15-9-2-1-3-10(6-9)20-13(11-7-16-4-5-17-11)18-19-14(20)23-8-12(21)22/h1-7H,8H2,(H,21,22). The molecule has 9 heteroatoms. The molecule has 0 spiro atoms. The second-order valence-corrected chi connectivity index (χ2v) is 5.77. The lowest BCUT2D eigenvalue weighted by molar-refractivity contribution is -0.133. The van der Waals surface area contributed by atoms with Gasteiger partial charge in [-0.1, -0.05) is 29.4 Å². The monoisotopic (exact) mass is 347 g/mol. The number of aliphatic carboxylic acids is 1. The number of carboxylic acids is 1. The summed E-state index contributed by atoms with van der Waals surface area (Å²) < 4.78 is 1.71. The second-order valence-electron chi connectivity index (χ2n) is 4.39. The van der Waals surface area contributed by atoms with E-state index in [9.17, 15) is 4.79 Å². The van der Waals surface area contributed by atoms with Gasteiger partial charge in [0, 0.05) is 17.4 Å². The first-order valence-electron chi connectivity index (χ1n) is 6.47. The fourth-order valence-electron chi connectivity index (χ4n) is 1.92. The van der Waals surface area contributed by atoms with E-state index in [1.165, 1.54) is 0 Å². The Kier molecular flexibility index (Phi) is 4.54. The third-order valence-corrected chi connectivity index (χ3v) is 3.97. The SMILES string of the molecule is O=C(O)CSc1nnc(-c2cnccn2)n1-c1cccc(Cl)c1. The molecular weight excluding hydrogens is 338 g/mol. The van der Waals surface area contributed by atoms with Crippen molar-refractivity contribution in [3.8, 4) is 17.2 Å². The van der Waals surface area contributed by atoms with Gasteiger partial charge < -0.3 is 5.11 Å². The Morgan fingerprint density at radius 2 is 2.17 bits per heavy atom. The zero-order valence-corrected chi connectivity index (χ0v) is 13.2. The lowest BCUT2D eigenvalue weighted by Crippen LogP contribution is -2.03. The van der Waals surface area contributed by atoms with Gasteiger partial charge in [0.2, 0.25) is 0 Å². The van der Waals surface area contributed by atoms with Crippen LogP contribution in [0, 0.1) is 0 Å². The highest BCUT2D eigenvalue weighted by atomic mass is 35.5. The van der Waals surface area contributed by atoms with Gasteiger partial charge in [0.1, 0.15) is 5.69 Å². The third-order valence-electron chi connectivity index (χ3n) is 2.82. The summed E-state index contributed by atoms with van der Waals surface area (Å²) in [6.45, 7) is 0. The first-order valence-corrected chi connectivity index (χ1v) is 7.84. The van der Waals surface area contributed by atoms with Gasteiger partial charge in [-0.2, -0.15) is 0 Å². The Morgan fingerprint density at radius 1 is 1.30 bits per heavy atom. The van der Waals surface area contributed by atoms with Gasteiger partial charge >= 0.3 is 5.97 Å². The van der Waals surface area contributed by atoms with Crippen LogP contribution in [0.1, 0.15) is 0 Å². The molecule has 0 saturated carbocycles. The number of carbonyl (C=O) groups is 1. The number of nitrogens with zero attached hydrogens (tertiary/aromatic N) is 5. The highest BCUT2D eigenvalue weighted by Gasteiger charge is 2.18. The van der Waals surface area contributed by atoms with Crippen LogP contribution in [0.3, 0.4) is 0 Å². The van der Waals surface area contributed by atoms with Crippen molar-refractivity contribution in [2.45, 2.75) is 5.16 Å². The number of carboxylic acid groups (broad SMARTS) is 1. The van der Waals surface area contributed by atoms with Crippen molar-refractivity contribution >= 4 is 29.3 Å². The fourth-order valence-corrected chi connectivity index (χ4v) is 2.77. The van der Waals surface area contributed by atoms with Crippen LogP contribution in [0.5, 0.6) is 0 Å². The van der Waals surface area contributed by atoms with Gasteiger partial charge in [0.25, 0.3) is 0 Å². The summed E-state index contributed by atoms with van der Waals surface area (Å²) in [5.74, 6) is -0.593. The third kappa shape index (κ3) is 3.49. The second kappa shape index (κ2) is 6.76. The zero-order valence-electron chi connectivity index (χ0n) is 11.6. The maximum atomic E-state index is 10.8. The average Bonchev–Trinajstić information content (AvgIpc) is 2.97. The molecule has 2 aromatic heterocycles. The van der Waals surface area contributed by atoms with E-state index in [1.807, 2.05) is 6.07 Å². The molecule has 0 bridgehead atoms. The molecule has 1 N–H and O–H groups in total. The molecule has 0 unspecified atom stereocenters. The number of thioether (sulfide) groups is 1. The Bertz CT molecular complexity index is 840. The van der Waals surface area contributed by atoms with E-state index in [1.54, 1.807) is 41.4 Å². The lowest BCUT2D eigenvalue weighted by Gasteiger charge is -2.09. The minimum atomic E-state index is -0.934. The normalized spacial score (nSPS) is 10.7. The van der Waals surface area contributed by atoms with Crippen molar-refractivity contribution < 1.29 is 9.90 Å². The van der Waals surface area contributed by atoms with Crippen LogP contribution in [0.25, 0.3) is 17.2 Å². The maximum Gasteiger partial charge on any atom is 0.313 e. The van der Waals surface area contributed by atoms with Crippen LogP contribution in [-0.4, -0.2) is 41.6 Å². The topological polar surface area (TPSA) is 93.8 Å². The molecule has 1 aromatic carbocycles. The highest BCUT2D eigenvalue weighted by molar-refractivity contribution is 7.99. The molecule has 0 amide bonds. The quantitative estimate of drug-likeness (QED) is 0.709. The average molecular weight is 348 g/mol. The predicted octanol–water partition coefficient (Wildman–Crippen LogP) is 2.55. The fraction of sp³-hybridized carbons (Fsp3) is 0.0714. The van der Waals surface area contributed by atoms with Gasteiger partial charge in [-0.25, -0.2) is 4.98 Å². The van der Waals surface area contributed by atoms with E-state index in [0.29, 0.717) is 21.7 Å². The Labute approximate surface area is 140 Å². The maximum absolute atomic E-state index is 10.8. The lowest BCUT2D eigenvalue weighted by atomic mass is 10.3. The molecule has 0 radical (unpaired) electrons. The Balaban J connectivity index is 2.12. The van der Waals surface area contributed by atoms with E-state index in [2.05, 4.69) is 20.2 Å². The summed E-state index contributed by atoms with van der Waals surface area (Å²) in [6.07, 6.45) is 4.68. The number of aromatic nitrogens is 5. The molecule has 0 aliphatic rings. The van der Waals surface area contributed by atoms with Crippen molar-refractivity contribution in [2.24, 2.45) is 0 Å². The van der Waals surface area contributed by atoms with Crippen LogP contribution in [0.4, 0.5) is 0 Å². The van der Waals surface area contributed by atoms with E-state index in [0.717, 1.165) is 17.4 Å². The molecule has 116 valence electrons. The molecule has 7 nitrogen and oxygen atoms in total. The molecule has 0 saturated heterocycles. The van der Waals surface area contributed by atoms with Gasteiger partial charge in [0.05, 0.1) is 17.6 Å². The van der Waals surface area contributed by atoms with Gasteiger partial charge in [-0.3, -0.25) is 14.3 Å². The molecule has 3 aromatic rings. The van der Waals surface area contributed by atoms with Crippen molar-refractivity contribution in [3.05, 3.63) is 47.9 Å². The summed E-state index contributed by atoms with van der Waals surface area (Å²) in [5.41, 5.74) is 1.25. The van der Waals surface area contributed by atoms with Crippen molar-refractivity contribution in [2.75, 3.05) is 5.75 Å². The van der Waals surface area contributed by atoms with E-state index >= 15 is 0 Å². The van der Waals surface area contributed by atoms with Crippen LogP contribution in [0.15, 0.2) is 48.0 Å². The molecule has 0 aliphatic heterocycles. The smallest absolute Gasteiger partial charge is 0.313 e. The molecule has 0 atom stereocenters.